The van der Waals surface area contributed by atoms with E-state index < -0.39 is 5.97 Å². The molecule has 0 aromatic heterocycles. The van der Waals surface area contributed by atoms with Crippen molar-refractivity contribution in [3.63, 3.8) is 0 Å². The first-order valence-electron chi connectivity index (χ1n) is 8.91. The van der Waals surface area contributed by atoms with Crippen LogP contribution in [0.2, 0.25) is 0 Å². The van der Waals surface area contributed by atoms with Gasteiger partial charge in [0, 0.05) is 5.56 Å². The molecule has 0 aliphatic carbocycles. The highest BCUT2D eigenvalue weighted by atomic mass is 16.7. The van der Waals surface area contributed by atoms with E-state index in [0.717, 1.165) is 11.1 Å². The predicted molar refractivity (Wildman–Crippen MR) is 109 cm³/mol. The molecule has 1 aliphatic rings. The second-order valence-electron chi connectivity index (χ2n) is 6.38. The lowest BCUT2D eigenvalue weighted by atomic mass is 10.1. The van der Waals surface area contributed by atoms with E-state index in [-0.39, 0.29) is 24.0 Å². The Hall–Kier alpha value is -4.06. The normalized spacial score (nSPS) is 12.1. The zero-order valence-electron chi connectivity index (χ0n) is 15.3. The Bertz CT molecular complexity index is 1110. The minimum absolute atomic E-state index is 0.0227. The second kappa shape index (κ2) is 7.90. The van der Waals surface area contributed by atoms with Gasteiger partial charge in [0.25, 0.3) is 5.91 Å². The number of carbonyl (C=O) groups is 2. The Labute approximate surface area is 167 Å². The summed E-state index contributed by atoms with van der Waals surface area (Å²) in [5.74, 6) is -0.0901. The summed E-state index contributed by atoms with van der Waals surface area (Å²) < 4.78 is 10.7. The van der Waals surface area contributed by atoms with Gasteiger partial charge in [-0.3, -0.25) is 4.79 Å². The van der Waals surface area contributed by atoms with Gasteiger partial charge in [-0.05, 0) is 47.5 Å². The van der Waals surface area contributed by atoms with Crippen LogP contribution in [-0.2, 0) is 0 Å². The van der Waals surface area contributed by atoms with Crippen LogP contribution in [0.15, 0.2) is 66.7 Å². The fourth-order valence-corrected chi connectivity index (χ4v) is 2.95. The number of carbonyl (C=O) groups excluding carboxylic acids is 1. The van der Waals surface area contributed by atoms with E-state index in [1.54, 1.807) is 42.5 Å². The van der Waals surface area contributed by atoms with Gasteiger partial charge < -0.3 is 19.9 Å². The van der Waals surface area contributed by atoms with Gasteiger partial charge in [0.2, 0.25) is 6.79 Å². The molecule has 0 unspecified atom stereocenters. The number of aromatic carboxylic acids is 1. The minimum atomic E-state index is -1.11. The third-order valence-corrected chi connectivity index (χ3v) is 4.42. The summed E-state index contributed by atoms with van der Waals surface area (Å²) in [6, 6.07) is 19.0. The molecular formula is C23H17NO5. The standard InChI is InChI=1S/C23H17NO5/c25-22(17-4-2-1-3-5-17)24-19-12-15(8-10-18(19)23(26)27)6-7-16-9-11-20-21(13-16)29-14-28-20/h1-13H,14H2,(H,24,25)(H,26,27)/b7-6+. The van der Waals surface area contributed by atoms with Crippen LogP contribution in [0.1, 0.15) is 31.8 Å². The summed E-state index contributed by atoms with van der Waals surface area (Å²) in [7, 11) is 0. The fraction of sp³-hybridized carbons (Fsp3) is 0.0435. The monoisotopic (exact) mass is 387 g/mol. The van der Waals surface area contributed by atoms with E-state index in [1.165, 1.54) is 6.07 Å². The van der Waals surface area contributed by atoms with Crippen molar-refractivity contribution >= 4 is 29.7 Å². The van der Waals surface area contributed by atoms with Crippen molar-refractivity contribution in [2.24, 2.45) is 0 Å². The third-order valence-electron chi connectivity index (χ3n) is 4.42. The highest BCUT2D eigenvalue weighted by molar-refractivity contribution is 6.08. The number of hydrogen-bond acceptors (Lipinski definition) is 4. The van der Waals surface area contributed by atoms with Gasteiger partial charge >= 0.3 is 5.97 Å². The molecule has 0 fully saturated rings. The number of fused-ring (bicyclic) bond motifs is 1. The number of anilines is 1. The lowest BCUT2D eigenvalue weighted by Gasteiger charge is -2.10. The molecule has 144 valence electrons. The number of carboxylic acids is 1. The molecule has 0 saturated heterocycles. The molecule has 3 aromatic rings. The summed E-state index contributed by atoms with van der Waals surface area (Å²) in [6.45, 7) is 0.212. The number of carboxylic acid groups (broad SMARTS) is 1. The molecule has 0 bridgehead atoms. The van der Waals surface area contributed by atoms with Crippen LogP contribution in [0.5, 0.6) is 11.5 Å². The summed E-state index contributed by atoms with van der Waals surface area (Å²) in [6.07, 6.45) is 3.71. The van der Waals surface area contributed by atoms with Crippen molar-refractivity contribution in [2.75, 3.05) is 12.1 Å². The van der Waals surface area contributed by atoms with Gasteiger partial charge in [0.1, 0.15) is 0 Å². The highest BCUT2D eigenvalue weighted by Crippen LogP contribution is 2.33. The molecule has 6 heteroatoms. The number of hydrogen-bond donors (Lipinski definition) is 2. The van der Waals surface area contributed by atoms with Crippen LogP contribution >= 0.6 is 0 Å². The van der Waals surface area contributed by atoms with Gasteiger partial charge in [-0.15, -0.1) is 0 Å². The molecule has 0 radical (unpaired) electrons. The zero-order chi connectivity index (χ0) is 20.2. The van der Waals surface area contributed by atoms with Gasteiger partial charge in [-0.2, -0.15) is 0 Å². The first-order chi connectivity index (χ1) is 14.1. The zero-order valence-corrected chi connectivity index (χ0v) is 15.3. The van der Waals surface area contributed by atoms with Crippen molar-refractivity contribution in [3.8, 4) is 11.5 Å². The Balaban J connectivity index is 1.59. The Morgan fingerprint density at radius 2 is 1.55 bits per heavy atom. The number of rotatable bonds is 5. The van der Waals surface area contributed by atoms with Gasteiger partial charge in [0.15, 0.2) is 11.5 Å². The van der Waals surface area contributed by atoms with Gasteiger partial charge in [-0.25, -0.2) is 4.79 Å². The topological polar surface area (TPSA) is 84.9 Å². The summed E-state index contributed by atoms with van der Waals surface area (Å²) >= 11 is 0. The summed E-state index contributed by atoms with van der Waals surface area (Å²) in [5.41, 5.74) is 2.36. The molecule has 1 amide bonds. The molecule has 29 heavy (non-hydrogen) atoms. The molecule has 2 N–H and O–H groups in total. The van der Waals surface area contributed by atoms with Crippen LogP contribution in [0.3, 0.4) is 0 Å². The van der Waals surface area contributed by atoms with Crippen molar-refractivity contribution in [3.05, 3.63) is 89.0 Å². The van der Waals surface area contributed by atoms with Crippen molar-refractivity contribution in [2.45, 2.75) is 0 Å². The Kier molecular flexibility index (Phi) is 4.99. The molecular weight excluding hydrogens is 370 g/mol. The first kappa shape index (κ1) is 18.3. The molecule has 0 saturated carbocycles. The summed E-state index contributed by atoms with van der Waals surface area (Å²) in [5, 5.41) is 12.1. The van der Waals surface area contributed by atoms with Crippen LogP contribution in [0, 0.1) is 0 Å². The van der Waals surface area contributed by atoms with E-state index in [1.807, 2.05) is 30.4 Å². The van der Waals surface area contributed by atoms with Crippen molar-refractivity contribution in [1.29, 1.82) is 0 Å². The van der Waals surface area contributed by atoms with Crippen molar-refractivity contribution < 1.29 is 24.2 Å². The van der Waals surface area contributed by atoms with Crippen LogP contribution in [-0.4, -0.2) is 23.8 Å². The lowest BCUT2D eigenvalue weighted by molar-refractivity contribution is 0.0698. The molecule has 1 heterocycles. The van der Waals surface area contributed by atoms with Gasteiger partial charge in [-0.1, -0.05) is 42.5 Å². The SMILES string of the molecule is O=C(Nc1cc(/C=C/c2ccc3c(c2)OCO3)ccc1C(=O)O)c1ccccc1. The molecule has 0 atom stereocenters. The van der Waals surface area contributed by atoms with E-state index >= 15 is 0 Å². The number of benzene rings is 3. The number of nitrogens with one attached hydrogen (secondary N) is 1. The maximum Gasteiger partial charge on any atom is 0.337 e. The molecule has 6 nitrogen and oxygen atoms in total. The maximum absolute atomic E-state index is 12.4. The summed E-state index contributed by atoms with van der Waals surface area (Å²) in [4.78, 5) is 24.0. The molecule has 0 spiro atoms. The quantitative estimate of drug-likeness (QED) is 0.628. The lowest BCUT2D eigenvalue weighted by Crippen LogP contribution is -2.14. The van der Waals surface area contributed by atoms with Crippen LogP contribution in [0.4, 0.5) is 5.69 Å². The predicted octanol–water partition coefficient (Wildman–Crippen LogP) is 4.54. The minimum Gasteiger partial charge on any atom is -0.478 e. The van der Waals surface area contributed by atoms with E-state index in [2.05, 4.69) is 5.32 Å². The van der Waals surface area contributed by atoms with E-state index in [0.29, 0.717) is 17.1 Å². The third kappa shape index (κ3) is 4.11. The molecule has 4 rings (SSSR count). The van der Waals surface area contributed by atoms with Crippen LogP contribution in [0.25, 0.3) is 12.2 Å². The number of amides is 1. The number of ether oxygens (including phenoxy) is 2. The molecule has 1 aliphatic heterocycles. The maximum atomic E-state index is 12.4. The Morgan fingerprint density at radius 3 is 2.31 bits per heavy atom. The first-order valence-corrected chi connectivity index (χ1v) is 8.91. The average Bonchev–Trinajstić information content (AvgIpc) is 3.20. The van der Waals surface area contributed by atoms with Gasteiger partial charge in [0.05, 0.1) is 11.3 Å². The largest absolute Gasteiger partial charge is 0.478 e. The fourth-order valence-electron chi connectivity index (χ4n) is 2.95. The van der Waals surface area contributed by atoms with Crippen LogP contribution < -0.4 is 14.8 Å². The average molecular weight is 387 g/mol. The van der Waals surface area contributed by atoms with Crippen molar-refractivity contribution in [1.82, 2.24) is 0 Å². The smallest absolute Gasteiger partial charge is 0.337 e. The van der Waals surface area contributed by atoms with E-state index in [4.69, 9.17) is 9.47 Å². The molecule has 3 aromatic carbocycles. The second-order valence-corrected chi connectivity index (χ2v) is 6.38. The highest BCUT2D eigenvalue weighted by Gasteiger charge is 2.14. The Morgan fingerprint density at radius 1 is 0.862 bits per heavy atom. The van der Waals surface area contributed by atoms with E-state index in [9.17, 15) is 14.7 Å².